The van der Waals surface area contributed by atoms with E-state index in [-0.39, 0.29) is 11.9 Å². The van der Waals surface area contributed by atoms with E-state index in [2.05, 4.69) is 33.7 Å². The van der Waals surface area contributed by atoms with Crippen molar-refractivity contribution in [2.75, 3.05) is 0 Å². The molecule has 1 aliphatic carbocycles. The lowest BCUT2D eigenvalue weighted by Crippen LogP contribution is -2.27. The van der Waals surface area contributed by atoms with Crippen molar-refractivity contribution in [2.24, 2.45) is 0 Å². The van der Waals surface area contributed by atoms with Crippen molar-refractivity contribution in [1.82, 2.24) is 15.5 Å². The third-order valence-electron chi connectivity index (χ3n) is 5.39. The van der Waals surface area contributed by atoms with E-state index < -0.39 is 0 Å². The Balaban J connectivity index is 1.31. The number of benzene rings is 2. The molecule has 1 aromatic heterocycles. The zero-order valence-corrected chi connectivity index (χ0v) is 17.2. The highest BCUT2D eigenvalue weighted by Gasteiger charge is 2.15. The van der Waals surface area contributed by atoms with E-state index in [9.17, 15) is 4.79 Å². The summed E-state index contributed by atoms with van der Waals surface area (Å²) in [5, 5.41) is 7.71. The molecule has 0 saturated heterocycles. The summed E-state index contributed by atoms with van der Waals surface area (Å²) in [4.78, 5) is 16.8. The fourth-order valence-electron chi connectivity index (χ4n) is 3.71. The Morgan fingerprint density at radius 1 is 1.14 bits per heavy atom. The van der Waals surface area contributed by atoms with Gasteiger partial charge in [0.25, 0.3) is 0 Å². The molecule has 0 unspecified atom stereocenters. The SMILES string of the molecule is C[C@H](NC(=O)CCc1nc(-c2ccc(Cl)cc2)no1)c1ccc2c(c1)CCCC2. The number of halogens is 1. The van der Waals surface area contributed by atoms with Crippen molar-refractivity contribution in [3.8, 4) is 11.4 Å². The molecule has 1 amide bonds. The average molecular weight is 410 g/mol. The zero-order valence-electron chi connectivity index (χ0n) is 16.5. The van der Waals surface area contributed by atoms with Gasteiger partial charge in [-0.05, 0) is 73.6 Å². The summed E-state index contributed by atoms with van der Waals surface area (Å²) < 4.78 is 5.28. The van der Waals surface area contributed by atoms with Crippen LogP contribution < -0.4 is 5.32 Å². The minimum Gasteiger partial charge on any atom is -0.350 e. The summed E-state index contributed by atoms with van der Waals surface area (Å²) in [6.45, 7) is 2.02. The van der Waals surface area contributed by atoms with Gasteiger partial charge in [0, 0.05) is 23.4 Å². The van der Waals surface area contributed by atoms with Crippen LogP contribution in [0.5, 0.6) is 0 Å². The van der Waals surface area contributed by atoms with Gasteiger partial charge in [0.1, 0.15) is 0 Å². The molecule has 1 N–H and O–H groups in total. The van der Waals surface area contributed by atoms with Crippen molar-refractivity contribution in [2.45, 2.75) is 51.5 Å². The van der Waals surface area contributed by atoms with E-state index in [1.54, 1.807) is 12.1 Å². The van der Waals surface area contributed by atoms with E-state index >= 15 is 0 Å². The average Bonchev–Trinajstić information content (AvgIpc) is 3.21. The molecule has 0 spiro atoms. The van der Waals surface area contributed by atoms with E-state index in [1.807, 2.05) is 19.1 Å². The molecule has 0 radical (unpaired) electrons. The second kappa shape index (κ2) is 8.78. The van der Waals surface area contributed by atoms with Crippen molar-refractivity contribution in [3.05, 3.63) is 70.1 Å². The van der Waals surface area contributed by atoms with Crippen LogP contribution in [0.3, 0.4) is 0 Å². The predicted molar refractivity (Wildman–Crippen MR) is 113 cm³/mol. The first-order valence-corrected chi connectivity index (χ1v) is 10.5. The Labute approximate surface area is 175 Å². The van der Waals surface area contributed by atoms with Crippen molar-refractivity contribution < 1.29 is 9.32 Å². The van der Waals surface area contributed by atoms with Gasteiger partial charge < -0.3 is 9.84 Å². The maximum atomic E-state index is 12.4. The third kappa shape index (κ3) is 4.85. The molecule has 1 aliphatic rings. The van der Waals surface area contributed by atoms with E-state index in [4.69, 9.17) is 16.1 Å². The van der Waals surface area contributed by atoms with Crippen LogP contribution in [0.2, 0.25) is 5.02 Å². The number of nitrogens with one attached hydrogen (secondary N) is 1. The molecule has 2 aromatic carbocycles. The normalized spacial score (nSPS) is 14.3. The van der Waals surface area contributed by atoms with Crippen LogP contribution in [-0.4, -0.2) is 16.0 Å². The van der Waals surface area contributed by atoms with Crippen molar-refractivity contribution in [1.29, 1.82) is 0 Å². The Hall–Kier alpha value is -2.66. The molecule has 5 nitrogen and oxygen atoms in total. The van der Waals surface area contributed by atoms with Gasteiger partial charge in [0.2, 0.25) is 17.6 Å². The van der Waals surface area contributed by atoms with Gasteiger partial charge in [-0.25, -0.2) is 0 Å². The number of aryl methyl sites for hydroxylation is 3. The number of fused-ring (bicyclic) bond motifs is 1. The Bertz CT molecular complexity index is 998. The predicted octanol–water partition coefficient (Wildman–Crippen LogP) is 5.08. The molecular formula is C23H24ClN3O2. The highest BCUT2D eigenvalue weighted by Crippen LogP contribution is 2.25. The number of carbonyl (C=O) groups excluding carboxylic acids is 1. The number of rotatable bonds is 6. The van der Waals surface area contributed by atoms with Crippen LogP contribution in [0.15, 0.2) is 47.0 Å². The van der Waals surface area contributed by atoms with Gasteiger partial charge in [0.15, 0.2) is 0 Å². The molecule has 0 fully saturated rings. The number of nitrogens with zero attached hydrogens (tertiary/aromatic N) is 2. The second-order valence-corrected chi connectivity index (χ2v) is 7.98. The van der Waals surface area contributed by atoms with Crippen LogP contribution >= 0.6 is 11.6 Å². The second-order valence-electron chi connectivity index (χ2n) is 7.54. The summed E-state index contributed by atoms with van der Waals surface area (Å²) >= 11 is 5.90. The van der Waals surface area contributed by atoms with Gasteiger partial charge in [-0.15, -0.1) is 0 Å². The topological polar surface area (TPSA) is 68.0 Å². The lowest BCUT2D eigenvalue weighted by molar-refractivity contribution is -0.121. The number of hydrogen-bond donors (Lipinski definition) is 1. The smallest absolute Gasteiger partial charge is 0.227 e. The lowest BCUT2D eigenvalue weighted by atomic mass is 9.89. The maximum Gasteiger partial charge on any atom is 0.227 e. The number of aromatic nitrogens is 2. The molecule has 4 rings (SSSR count). The molecule has 3 aromatic rings. The monoisotopic (exact) mass is 409 g/mol. The molecule has 0 saturated carbocycles. The Kier molecular flexibility index (Phi) is 5.95. The van der Waals surface area contributed by atoms with Crippen LogP contribution in [0.4, 0.5) is 0 Å². The Morgan fingerprint density at radius 3 is 2.69 bits per heavy atom. The summed E-state index contributed by atoms with van der Waals surface area (Å²) in [5.74, 6) is 0.924. The van der Waals surface area contributed by atoms with Crippen LogP contribution in [-0.2, 0) is 24.1 Å². The highest BCUT2D eigenvalue weighted by molar-refractivity contribution is 6.30. The summed E-state index contributed by atoms with van der Waals surface area (Å²) in [5.41, 5.74) is 4.86. The van der Waals surface area contributed by atoms with Crippen LogP contribution in [0.25, 0.3) is 11.4 Å². The Morgan fingerprint density at radius 2 is 1.90 bits per heavy atom. The van der Waals surface area contributed by atoms with Crippen molar-refractivity contribution in [3.63, 3.8) is 0 Å². The highest BCUT2D eigenvalue weighted by atomic mass is 35.5. The first-order valence-electron chi connectivity index (χ1n) is 10.1. The molecule has 0 bridgehead atoms. The molecule has 1 atom stereocenters. The first kappa shape index (κ1) is 19.6. The standard InChI is InChI=1S/C23H24ClN3O2/c1-15(18-7-6-16-4-2-3-5-19(16)14-18)25-21(28)12-13-22-26-23(27-29-22)17-8-10-20(24)11-9-17/h6-11,14-15H,2-5,12-13H2,1H3,(H,25,28)/t15-/m0/s1. The zero-order chi connectivity index (χ0) is 20.2. The molecule has 6 heteroatoms. The third-order valence-corrected chi connectivity index (χ3v) is 5.64. The number of hydrogen-bond acceptors (Lipinski definition) is 4. The van der Waals surface area contributed by atoms with Gasteiger partial charge in [-0.2, -0.15) is 4.98 Å². The summed E-state index contributed by atoms with van der Waals surface area (Å²) in [6, 6.07) is 13.8. The van der Waals surface area contributed by atoms with Gasteiger partial charge in [-0.1, -0.05) is 35.0 Å². The fourth-order valence-corrected chi connectivity index (χ4v) is 3.84. The lowest BCUT2D eigenvalue weighted by Gasteiger charge is -2.20. The molecule has 0 aliphatic heterocycles. The maximum absolute atomic E-state index is 12.4. The van der Waals surface area contributed by atoms with E-state index in [1.165, 1.54) is 30.4 Å². The van der Waals surface area contributed by atoms with Crippen molar-refractivity contribution >= 4 is 17.5 Å². The van der Waals surface area contributed by atoms with Gasteiger partial charge in [0.05, 0.1) is 6.04 Å². The van der Waals surface area contributed by atoms with E-state index in [0.29, 0.717) is 29.6 Å². The summed E-state index contributed by atoms with van der Waals surface area (Å²) in [7, 11) is 0. The summed E-state index contributed by atoms with van der Waals surface area (Å²) in [6.07, 6.45) is 5.53. The number of amides is 1. The number of carbonyl (C=O) groups is 1. The largest absolute Gasteiger partial charge is 0.350 e. The molecule has 1 heterocycles. The molecular weight excluding hydrogens is 386 g/mol. The minimum atomic E-state index is -0.0264. The quantitative estimate of drug-likeness (QED) is 0.616. The molecule has 150 valence electrons. The van der Waals surface area contributed by atoms with E-state index in [0.717, 1.165) is 17.5 Å². The van der Waals surface area contributed by atoms with Gasteiger partial charge in [-0.3, -0.25) is 4.79 Å². The van der Waals surface area contributed by atoms with Crippen LogP contribution in [0, 0.1) is 0 Å². The van der Waals surface area contributed by atoms with Crippen LogP contribution in [0.1, 0.15) is 54.8 Å². The fraction of sp³-hybridized carbons (Fsp3) is 0.348. The first-order chi connectivity index (χ1) is 14.1. The van der Waals surface area contributed by atoms with Gasteiger partial charge >= 0.3 is 0 Å². The molecule has 29 heavy (non-hydrogen) atoms. The minimum absolute atomic E-state index is 0.0259.